The maximum absolute atomic E-state index is 11.7. The highest BCUT2D eigenvalue weighted by Crippen LogP contribution is 2.21. The van der Waals surface area contributed by atoms with Gasteiger partial charge < -0.3 is 10.4 Å². The third-order valence-corrected chi connectivity index (χ3v) is 3.42. The molecule has 1 unspecified atom stereocenters. The summed E-state index contributed by atoms with van der Waals surface area (Å²) in [6.07, 6.45) is 0.925. The first-order chi connectivity index (χ1) is 7.54. The lowest BCUT2D eigenvalue weighted by Gasteiger charge is -2.10. The summed E-state index contributed by atoms with van der Waals surface area (Å²) in [4.78, 5) is 12.0. The average molecular weight is 307 g/mol. The van der Waals surface area contributed by atoms with Gasteiger partial charge in [-0.15, -0.1) is 0 Å². The van der Waals surface area contributed by atoms with Crippen molar-refractivity contribution < 1.29 is 9.90 Å². The maximum atomic E-state index is 11.7. The number of alkyl halides is 1. The molecule has 5 heteroatoms. The lowest BCUT2D eigenvalue weighted by molar-refractivity contribution is 0.0953. The van der Waals surface area contributed by atoms with Crippen LogP contribution in [0.3, 0.4) is 0 Å². The molecule has 0 fully saturated rings. The summed E-state index contributed by atoms with van der Waals surface area (Å²) in [5.41, 5.74) is 0.289. The van der Waals surface area contributed by atoms with Gasteiger partial charge in [0.05, 0.1) is 10.6 Å². The number of amides is 1. The third kappa shape index (κ3) is 3.68. The van der Waals surface area contributed by atoms with Crippen molar-refractivity contribution in [2.45, 2.75) is 18.2 Å². The zero-order chi connectivity index (χ0) is 12.1. The van der Waals surface area contributed by atoms with Gasteiger partial charge in [0.15, 0.2) is 0 Å². The van der Waals surface area contributed by atoms with Crippen molar-refractivity contribution in [1.82, 2.24) is 5.32 Å². The highest BCUT2D eigenvalue weighted by atomic mass is 79.9. The van der Waals surface area contributed by atoms with E-state index in [1.165, 1.54) is 18.2 Å². The number of hydrogen-bond donors (Lipinski definition) is 2. The number of hydrogen-bond acceptors (Lipinski definition) is 2. The molecule has 0 aromatic heterocycles. The minimum Gasteiger partial charge on any atom is -0.508 e. The Morgan fingerprint density at radius 3 is 2.94 bits per heavy atom. The number of nitrogens with one attached hydrogen (secondary N) is 1. The van der Waals surface area contributed by atoms with Gasteiger partial charge in [0.2, 0.25) is 0 Å². The molecule has 0 saturated heterocycles. The van der Waals surface area contributed by atoms with Crippen LogP contribution in [0.1, 0.15) is 23.7 Å². The van der Waals surface area contributed by atoms with Crippen molar-refractivity contribution in [2.75, 3.05) is 6.54 Å². The van der Waals surface area contributed by atoms with Crippen LogP contribution in [-0.4, -0.2) is 22.4 Å². The Morgan fingerprint density at radius 1 is 1.62 bits per heavy atom. The quantitative estimate of drug-likeness (QED) is 0.840. The smallest absolute Gasteiger partial charge is 0.252 e. The van der Waals surface area contributed by atoms with E-state index in [9.17, 15) is 9.90 Å². The van der Waals surface area contributed by atoms with Gasteiger partial charge in [-0.05, 0) is 24.6 Å². The average Bonchev–Trinajstić information content (AvgIpc) is 2.28. The number of phenolic OH excluding ortho intramolecular Hbond substituents is 1. The van der Waals surface area contributed by atoms with Crippen molar-refractivity contribution in [2.24, 2.45) is 0 Å². The van der Waals surface area contributed by atoms with Gasteiger partial charge in [0.1, 0.15) is 5.75 Å². The van der Waals surface area contributed by atoms with Crippen LogP contribution in [0.4, 0.5) is 0 Å². The molecule has 1 aromatic carbocycles. The SMILES string of the molecule is CCC(Br)CNC(=O)c1cc(O)ccc1Cl. The zero-order valence-corrected chi connectivity index (χ0v) is 11.2. The summed E-state index contributed by atoms with van der Waals surface area (Å²) in [6, 6.07) is 4.29. The summed E-state index contributed by atoms with van der Waals surface area (Å²) < 4.78 is 0. The fourth-order valence-corrected chi connectivity index (χ4v) is 1.50. The van der Waals surface area contributed by atoms with E-state index in [2.05, 4.69) is 21.2 Å². The van der Waals surface area contributed by atoms with Gasteiger partial charge in [0, 0.05) is 11.4 Å². The van der Waals surface area contributed by atoms with Crippen molar-refractivity contribution in [3.05, 3.63) is 28.8 Å². The number of carbonyl (C=O) groups is 1. The van der Waals surface area contributed by atoms with E-state index in [1.54, 1.807) is 0 Å². The largest absolute Gasteiger partial charge is 0.508 e. The van der Waals surface area contributed by atoms with Crippen LogP contribution < -0.4 is 5.32 Å². The summed E-state index contributed by atoms with van der Waals surface area (Å²) in [5.74, 6) is -0.251. The topological polar surface area (TPSA) is 49.3 Å². The molecule has 0 spiro atoms. The lowest BCUT2D eigenvalue weighted by atomic mass is 10.2. The Kier molecular flexibility index (Phi) is 5.09. The van der Waals surface area contributed by atoms with Crippen LogP contribution in [-0.2, 0) is 0 Å². The molecule has 3 nitrogen and oxygen atoms in total. The van der Waals surface area contributed by atoms with E-state index < -0.39 is 0 Å². The van der Waals surface area contributed by atoms with Crippen LogP contribution in [0, 0.1) is 0 Å². The number of phenols is 1. The van der Waals surface area contributed by atoms with E-state index in [0.29, 0.717) is 11.6 Å². The van der Waals surface area contributed by atoms with Gasteiger partial charge in [-0.1, -0.05) is 34.5 Å². The summed E-state index contributed by atoms with van der Waals surface area (Å²) >= 11 is 9.27. The first-order valence-corrected chi connectivity index (χ1v) is 6.24. The van der Waals surface area contributed by atoms with Crippen molar-refractivity contribution in [1.29, 1.82) is 0 Å². The van der Waals surface area contributed by atoms with E-state index in [4.69, 9.17) is 11.6 Å². The first kappa shape index (κ1) is 13.3. The molecule has 16 heavy (non-hydrogen) atoms. The molecule has 0 bridgehead atoms. The van der Waals surface area contributed by atoms with Crippen LogP contribution in [0.5, 0.6) is 5.75 Å². The highest BCUT2D eigenvalue weighted by Gasteiger charge is 2.12. The third-order valence-electron chi connectivity index (χ3n) is 2.12. The second-order valence-electron chi connectivity index (χ2n) is 3.38. The normalized spacial score (nSPS) is 12.2. The molecule has 0 heterocycles. The van der Waals surface area contributed by atoms with Gasteiger partial charge in [-0.3, -0.25) is 4.79 Å². The van der Waals surface area contributed by atoms with Gasteiger partial charge in [-0.25, -0.2) is 0 Å². The fourth-order valence-electron chi connectivity index (χ4n) is 1.13. The zero-order valence-electron chi connectivity index (χ0n) is 8.84. The maximum Gasteiger partial charge on any atom is 0.252 e. The minimum absolute atomic E-state index is 0.0282. The Balaban J connectivity index is 2.69. The molecule has 0 aliphatic carbocycles. The second-order valence-corrected chi connectivity index (χ2v) is 5.08. The number of benzene rings is 1. The Hall–Kier alpha value is -0.740. The molecule has 88 valence electrons. The fraction of sp³-hybridized carbons (Fsp3) is 0.364. The molecular weight excluding hydrogens is 293 g/mol. The molecular formula is C11H13BrClNO2. The molecule has 1 amide bonds. The lowest BCUT2D eigenvalue weighted by Crippen LogP contribution is -2.29. The number of halogens is 2. The molecule has 0 aliphatic heterocycles. The first-order valence-electron chi connectivity index (χ1n) is 4.95. The highest BCUT2D eigenvalue weighted by molar-refractivity contribution is 9.09. The minimum atomic E-state index is -0.279. The van der Waals surface area contributed by atoms with E-state index in [1.807, 2.05) is 6.92 Å². The molecule has 0 aliphatic rings. The van der Waals surface area contributed by atoms with E-state index in [0.717, 1.165) is 6.42 Å². The van der Waals surface area contributed by atoms with Crippen LogP contribution >= 0.6 is 27.5 Å². The van der Waals surface area contributed by atoms with Gasteiger partial charge in [-0.2, -0.15) is 0 Å². The predicted molar refractivity (Wildman–Crippen MR) is 68.5 cm³/mol. The monoisotopic (exact) mass is 305 g/mol. The van der Waals surface area contributed by atoms with Crippen molar-refractivity contribution in [3.63, 3.8) is 0 Å². The number of carbonyl (C=O) groups excluding carboxylic acids is 1. The van der Waals surface area contributed by atoms with Crippen molar-refractivity contribution >= 4 is 33.4 Å². The van der Waals surface area contributed by atoms with E-state index in [-0.39, 0.29) is 22.0 Å². The Labute approximate surface area is 108 Å². The summed E-state index contributed by atoms with van der Waals surface area (Å²) in [6.45, 7) is 2.55. The van der Waals surface area contributed by atoms with Gasteiger partial charge >= 0.3 is 0 Å². The molecule has 1 aromatic rings. The predicted octanol–water partition coefficient (Wildman–Crippen LogP) is 2.95. The Bertz CT molecular complexity index is 384. The summed E-state index contributed by atoms with van der Waals surface area (Å²) in [7, 11) is 0. The summed E-state index contributed by atoms with van der Waals surface area (Å²) in [5, 5.41) is 12.3. The van der Waals surface area contributed by atoms with Crippen LogP contribution in [0.15, 0.2) is 18.2 Å². The van der Waals surface area contributed by atoms with Crippen LogP contribution in [0.25, 0.3) is 0 Å². The van der Waals surface area contributed by atoms with Crippen LogP contribution in [0.2, 0.25) is 5.02 Å². The number of rotatable bonds is 4. The Morgan fingerprint density at radius 2 is 2.31 bits per heavy atom. The van der Waals surface area contributed by atoms with Crippen molar-refractivity contribution in [3.8, 4) is 5.75 Å². The molecule has 1 rings (SSSR count). The van der Waals surface area contributed by atoms with E-state index >= 15 is 0 Å². The number of aromatic hydroxyl groups is 1. The standard InChI is InChI=1S/C11H13BrClNO2/c1-2-7(12)6-14-11(16)9-5-8(15)3-4-10(9)13/h3-5,7,15H,2,6H2,1H3,(H,14,16). The second kappa shape index (κ2) is 6.11. The molecule has 2 N–H and O–H groups in total. The molecule has 0 saturated carbocycles. The van der Waals surface area contributed by atoms with Gasteiger partial charge in [0.25, 0.3) is 5.91 Å². The molecule has 0 radical (unpaired) electrons. The molecule has 1 atom stereocenters.